The second kappa shape index (κ2) is 9.03. The molecule has 0 spiro atoms. The first-order chi connectivity index (χ1) is 15.7. The Morgan fingerprint density at radius 3 is 2.62 bits per heavy atom. The van der Waals surface area contributed by atoms with Gasteiger partial charge in [0, 0.05) is 41.4 Å². The van der Waals surface area contributed by atoms with Gasteiger partial charge >= 0.3 is 0 Å². The SMILES string of the molecule is Cc1ccc(Nc2nc(NN=Cc3c[nH]c4ccccc34)nc(N3CCOCC3)n2)cc1. The van der Waals surface area contributed by atoms with E-state index in [2.05, 4.69) is 53.7 Å². The Labute approximate surface area is 185 Å². The molecule has 0 unspecified atom stereocenters. The molecule has 0 radical (unpaired) electrons. The lowest BCUT2D eigenvalue weighted by Crippen LogP contribution is -2.37. The molecule has 0 atom stereocenters. The highest BCUT2D eigenvalue weighted by atomic mass is 16.5. The molecule has 0 amide bonds. The van der Waals surface area contributed by atoms with Crippen molar-refractivity contribution in [1.82, 2.24) is 19.9 Å². The van der Waals surface area contributed by atoms with Gasteiger partial charge in [0.05, 0.1) is 19.4 Å². The molecule has 3 heterocycles. The van der Waals surface area contributed by atoms with E-state index < -0.39 is 0 Å². The van der Waals surface area contributed by atoms with E-state index in [1.165, 1.54) is 5.56 Å². The first kappa shape index (κ1) is 20.0. The molecule has 1 saturated heterocycles. The van der Waals surface area contributed by atoms with Crippen LogP contribution in [0.1, 0.15) is 11.1 Å². The number of aromatic amines is 1. The highest BCUT2D eigenvalue weighted by Crippen LogP contribution is 2.20. The van der Waals surface area contributed by atoms with Crippen LogP contribution in [-0.2, 0) is 4.74 Å². The van der Waals surface area contributed by atoms with Gasteiger partial charge in [0.25, 0.3) is 0 Å². The number of morpholine rings is 1. The van der Waals surface area contributed by atoms with E-state index in [1.54, 1.807) is 6.21 Å². The van der Waals surface area contributed by atoms with Crippen molar-refractivity contribution < 1.29 is 4.74 Å². The fraction of sp³-hybridized carbons (Fsp3) is 0.217. The van der Waals surface area contributed by atoms with Crippen molar-refractivity contribution in [3.05, 3.63) is 65.9 Å². The third kappa shape index (κ3) is 4.52. The monoisotopic (exact) mass is 428 g/mol. The van der Waals surface area contributed by atoms with Crippen molar-refractivity contribution in [3.63, 3.8) is 0 Å². The number of aryl methyl sites for hydroxylation is 1. The molecule has 32 heavy (non-hydrogen) atoms. The maximum atomic E-state index is 5.46. The minimum absolute atomic E-state index is 0.368. The topological polar surface area (TPSA) is 103 Å². The number of nitrogens with zero attached hydrogens (tertiary/aromatic N) is 5. The van der Waals surface area contributed by atoms with E-state index in [9.17, 15) is 0 Å². The lowest BCUT2D eigenvalue weighted by molar-refractivity contribution is 0.122. The number of anilines is 4. The van der Waals surface area contributed by atoms with E-state index in [0.29, 0.717) is 31.1 Å². The van der Waals surface area contributed by atoms with Crippen molar-refractivity contribution in [2.45, 2.75) is 6.92 Å². The standard InChI is InChI=1S/C23H24N8O/c1-16-6-8-18(9-7-16)26-21-27-22(29-23(28-21)31-10-12-32-13-11-31)30-25-15-17-14-24-20-5-3-2-4-19(17)20/h2-9,14-15,24H,10-13H2,1H3,(H2,26,27,28,29,30). The normalized spacial score (nSPS) is 14.2. The number of benzene rings is 2. The van der Waals surface area contributed by atoms with Crippen molar-refractivity contribution in [3.8, 4) is 0 Å². The van der Waals surface area contributed by atoms with Gasteiger partial charge in [-0.05, 0) is 25.1 Å². The lowest BCUT2D eigenvalue weighted by atomic mass is 10.2. The summed E-state index contributed by atoms with van der Waals surface area (Å²) < 4.78 is 5.46. The van der Waals surface area contributed by atoms with Crippen molar-refractivity contribution in [2.75, 3.05) is 41.9 Å². The zero-order valence-electron chi connectivity index (χ0n) is 17.7. The molecule has 1 aliphatic heterocycles. The summed E-state index contributed by atoms with van der Waals surface area (Å²) >= 11 is 0. The minimum atomic E-state index is 0.368. The maximum absolute atomic E-state index is 5.46. The Balaban J connectivity index is 1.40. The fourth-order valence-electron chi connectivity index (χ4n) is 3.50. The van der Waals surface area contributed by atoms with Gasteiger partial charge in [0.2, 0.25) is 17.8 Å². The van der Waals surface area contributed by atoms with Crippen LogP contribution in [0.4, 0.5) is 23.5 Å². The third-order valence-electron chi connectivity index (χ3n) is 5.21. The zero-order valence-corrected chi connectivity index (χ0v) is 17.7. The van der Waals surface area contributed by atoms with Crippen molar-refractivity contribution >= 4 is 40.6 Å². The Morgan fingerprint density at radius 1 is 1.00 bits per heavy atom. The summed E-state index contributed by atoms with van der Waals surface area (Å²) in [5.74, 6) is 1.41. The van der Waals surface area contributed by atoms with E-state index in [-0.39, 0.29) is 0 Å². The van der Waals surface area contributed by atoms with Gasteiger partial charge in [-0.25, -0.2) is 5.43 Å². The van der Waals surface area contributed by atoms with Gasteiger partial charge in [-0.2, -0.15) is 20.1 Å². The molecule has 1 aliphatic rings. The Hall–Kier alpha value is -3.98. The molecule has 9 heteroatoms. The Bertz CT molecular complexity index is 1230. The number of fused-ring (bicyclic) bond motifs is 1. The number of para-hydroxylation sites is 1. The molecule has 162 valence electrons. The van der Waals surface area contributed by atoms with Gasteiger partial charge in [0.15, 0.2) is 0 Å². The van der Waals surface area contributed by atoms with E-state index in [1.807, 2.05) is 48.7 Å². The van der Waals surface area contributed by atoms with Crippen LogP contribution in [0.3, 0.4) is 0 Å². The molecular weight excluding hydrogens is 404 g/mol. The Morgan fingerprint density at radius 2 is 1.78 bits per heavy atom. The predicted octanol–water partition coefficient (Wildman–Crippen LogP) is 3.69. The molecule has 3 N–H and O–H groups in total. The number of aromatic nitrogens is 4. The summed E-state index contributed by atoms with van der Waals surface area (Å²) in [6, 6.07) is 16.2. The fourth-order valence-corrected chi connectivity index (χ4v) is 3.50. The maximum Gasteiger partial charge on any atom is 0.250 e. The number of hydrazone groups is 1. The molecule has 5 rings (SSSR count). The van der Waals surface area contributed by atoms with Crippen LogP contribution < -0.4 is 15.6 Å². The van der Waals surface area contributed by atoms with Gasteiger partial charge in [-0.15, -0.1) is 0 Å². The predicted molar refractivity (Wildman–Crippen MR) is 127 cm³/mol. The van der Waals surface area contributed by atoms with Crippen LogP contribution >= 0.6 is 0 Å². The Kier molecular flexibility index (Phi) is 5.63. The van der Waals surface area contributed by atoms with Crippen LogP contribution in [-0.4, -0.2) is 52.5 Å². The second-order valence-corrected chi connectivity index (χ2v) is 7.53. The number of rotatable bonds is 6. The summed E-state index contributed by atoms with van der Waals surface area (Å²) in [7, 11) is 0. The number of hydrogen-bond acceptors (Lipinski definition) is 8. The minimum Gasteiger partial charge on any atom is -0.378 e. The summed E-state index contributed by atoms with van der Waals surface area (Å²) in [6.45, 7) is 4.80. The summed E-state index contributed by atoms with van der Waals surface area (Å²) in [5, 5.41) is 8.72. The van der Waals surface area contributed by atoms with Crippen LogP contribution in [0.5, 0.6) is 0 Å². The first-order valence-corrected chi connectivity index (χ1v) is 10.5. The van der Waals surface area contributed by atoms with Gasteiger partial charge in [0.1, 0.15) is 0 Å². The highest BCUT2D eigenvalue weighted by molar-refractivity contribution is 5.99. The molecule has 0 aliphatic carbocycles. The smallest absolute Gasteiger partial charge is 0.250 e. The van der Waals surface area contributed by atoms with Gasteiger partial charge in [-0.3, -0.25) is 0 Å². The molecule has 2 aromatic heterocycles. The average molecular weight is 429 g/mol. The number of ether oxygens (including phenoxy) is 1. The highest BCUT2D eigenvalue weighted by Gasteiger charge is 2.16. The van der Waals surface area contributed by atoms with Gasteiger partial charge in [-0.1, -0.05) is 35.9 Å². The van der Waals surface area contributed by atoms with Gasteiger partial charge < -0.3 is 19.9 Å². The van der Waals surface area contributed by atoms with E-state index in [0.717, 1.165) is 35.2 Å². The summed E-state index contributed by atoms with van der Waals surface area (Å²) in [6.07, 6.45) is 3.68. The molecule has 9 nitrogen and oxygen atoms in total. The molecule has 4 aromatic rings. The molecule has 0 saturated carbocycles. The second-order valence-electron chi connectivity index (χ2n) is 7.53. The van der Waals surface area contributed by atoms with Crippen molar-refractivity contribution in [2.24, 2.45) is 5.10 Å². The first-order valence-electron chi connectivity index (χ1n) is 10.5. The largest absolute Gasteiger partial charge is 0.378 e. The van der Waals surface area contributed by atoms with Crippen LogP contribution in [0, 0.1) is 6.92 Å². The number of hydrogen-bond donors (Lipinski definition) is 3. The van der Waals surface area contributed by atoms with Crippen LogP contribution in [0.2, 0.25) is 0 Å². The zero-order chi connectivity index (χ0) is 21.8. The van der Waals surface area contributed by atoms with E-state index in [4.69, 9.17) is 4.74 Å². The molecule has 0 bridgehead atoms. The number of nitrogens with one attached hydrogen (secondary N) is 3. The molecular formula is C23H24N8O. The number of H-pyrrole nitrogens is 1. The summed E-state index contributed by atoms with van der Waals surface area (Å²) in [4.78, 5) is 19.0. The van der Waals surface area contributed by atoms with Crippen molar-refractivity contribution in [1.29, 1.82) is 0 Å². The summed E-state index contributed by atoms with van der Waals surface area (Å²) in [5.41, 5.74) is 7.10. The molecule has 1 fully saturated rings. The molecule has 2 aromatic carbocycles. The van der Waals surface area contributed by atoms with Crippen LogP contribution in [0.15, 0.2) is 59.8 Å². The average Bonchev–Trinajstić information content (AvgIpc) is 3.24. The van der Waals surface area contributed by atoms with E-state index >= 15 is 0 Å². The third-order valence-corrected chi connectivity index (χ3v) is 5.21. The lowest BCUT2D eigenvalue weighted by Gasteiger charge is -2.27. The quantitative estimate of drug-likeness (QED) is 0.318. The van der Waals surface area contributed by atoms with Crippen LogP contribution in [0.25, 0.3) is 10.9 Å².